The fourth-order valence-electron chi connectivity index (χ4n) is 2.05. The van der Waals surface area contributed by atoms with Crippen molar-refractivity contribution >= 4 is 26.7 Å². The molecule has 0 fully saturated rings. The molecule has 0 saturated carbocycles. The van der Waals surface area contributed by atoms with Crippen molar-refractivity contribution in [3.63, 3.8) is 0 Å². The topological polar surface area (TPSA) is 46.5 Å². The van der Waals surface area contributed by atoms with E-state index in [0.29, 0.717) is 10.2 Å². The monoisotopic (exact) mass is 422 g/mol. The van der Waals surface area contributed by atoms with Crippen molar-refractivity contribution in [3.8, 4) is 5.75 Å². The summed E-state index contributed by atoms with van der Waals surface area (Å²) >= 11 is 3.20. The zero-order valence-corrected chi connectivity index (χ0v) is 14.9. The number of rotatable bonds is 5. The highest BCUT2D eigenvalue weighted by atomic mass is 79.9. The lowest BCUT2D eigenvalue weighted by atomic mass is 9.95. The third-order valence-electron chi connectivity index (χ3n) is 3.45. The Balaban J connectivity index is 2.37. The van der Waals surface area contributed by atoms with Gasteiger partial charge in [0.2, 0.25) is 0 Å². The first-order chi connectivity index (χ1) is 11.2. The molecule has 130 valence electrons. The van der Waals surface area contributed by atoms with Crippen molar-refractivity contribution in [3.05, 3.63) is 58.6 Å². The third kappa shape index (κ3) is 3.99. The molecule has 0 aromatic heterocycles. The first kappa shape index (κ1) is 19.0. The van der Waals surface area contributed by atoms with Crippen molar-refractivity contribution in [1.29, 1.82) is 0 Å². The number of methoxy groups -OCH3 is 1. The van der Waals surface area contributed by atoms with Crippen molar-refractivity contribution in [2.75, 3.05) is 12.9 Å². The van der Waals surface area contributed by atoms with Crippen molar-refractivity contribution in [1.82, 2.24) is 0 Å². The second kappa shape index (κ2) is 7.25. The van der Waals surface area contributed by atoms with E-state index >= 15 is 0 Å². The standard InChI is InChI=1S/C16H14BrF3O3S/c1-23-13-6-2-11(3-7-13)15(21,16(18,19)20)10-24(22)14-8-4-12(17)5-9-14/h2-9,21H,10H2,1H3. The number of ether oxygens (including phenoxy) is 1. The van der Waals surface area contributed by atoms with Gasteiger partial charge in [0, 0.05) is 9.37 Å². The molecule has 2 rings (SSSR count). The Kier molecular flexibility index (Phi) is 5.72. The van der Waals surface area contributed by atoms with Crippen molar-refractivity contribution in [2.24, 2.45) is 0 Å². The minimum Gasteiger partial charge on any atom is -0.497 e. The molecule has 0 heterocycles. The molecule has 0 radical (unpaired) electrons. The van der Waals surface area contributed by atoms with Gasteiger partial charge >= 0.3 is 6.18 Å². The van der Waals surface area contributed by atoms with E-state index in [0.717, 1.165) is 12.1 Å². The minimum atomic E-state index is -4.98. The molecule has 1 N–H and O–H groups in total. The lowest BCUT2D eigenvalue weighted by Crippen LogP contribution is -2.46. The Bertz CT molecular complexity index is 717. The van der Waals surface area contributed by atoms with Crippen LogP contribution in [0.5, 0.6) is 5.75 Å². The summed E-state index contributed by atoms with van der Waals surface area (Å²) in [5, 5.41) is 10.3. The Morgan fingerprint density at radius 2 is 1.62 bits per heavy atom. The summed E-state index contributed by atoms with van der Waals surface area (Å²) in [6, 6.07) is 10.9. The molecular weight excluding hydrogens is 409 g/mol. The first-order valence-corrected chi connectivity index (χ1v) is 8.86. The minimum absolute atomic E-state index is 0.203. The molecule has 2 unspecified atom stereocenters. The molecule has 0 saturated heterocycles. The van der Waals surface area contributed by atoms with Crippen molar-refractivity contribution < 1.29 is 27.2 Å². The van der Waals surface area contributed by atoms with Gasteiger partial charge in [-0.05, 0) is 42.0 Å². The molecule has 0 aliphatic rings. The summed E-state index contributed by atoms with van der Waals surface area (Å²) in [7, 11) is -0.655. The Hall–Kier alpha value is -1.38. The lowest BCUT2D eigenvalue weighted by Gasteiger charge is -2.30. The number of alkyl halides is 3. The highest BCUT2D eigenvalue weighted by molar-refractivity contribution is 9.10. The highest BCUT2D eigenvalue weighted by Gasteiger charge is 2.56. The van der Waals surface area contributed by atoms with Gasteiger partial charge in [-0.15, -0.1) is 0 Å². The molecule has 0 bridgehead atoms. The van der Waals surface area contributed by atoms with Crippen LogP contribution in [0.4, 0.5) is 13.2 Å². The summed E-state index contributed by atoms with van der Waals surface area (Å²) in [5.41, 5.74) is -3.61. The number of halogens is 4. The SMILES string of the molecule is COc1ccc(C(O)(CS(=O)c2ccc(Br)cc2)C(F)(F)F)cc1. The van der Waals surface area contributed by atoms with Crippen LogP contribution < -0.4 is 4.74 Å². The second-order valence-electron chi connectivity index (χ2n) is 5.03. The van der Waals surface area contributed by atoms with E-state index in [-0.39, 0.29) is 10.5 Å². The van der Waals surface area contributed by atoms with E-state index in [4.69, 9.17) is 4.74 Å². The first-order valence-electron chi connectivity index (χ1n) is 6.75. The molecule has 0 aliphatic heterocycles. The number of hydrogen-bond acceptors (Lipinski definition) is 3. The predicted octanol–water partition coefficient (Wildman–Crippen LogP) is 4.02. The number of hydrogen-bond donors (Lipinski definition) is 1. The van der Waals surface area contributed by atoms with Gasteiger partial charge in [-0.3, -0.25) is 4.21 Å². The van der Waals surface area contributed by atoms with Crippen LogP contribution in [0.1, 0.15) is 5.56 Å². The maximum Gasteiger partial charge on any atom is 0.422 e. The third-order valence-corrected chi connectivity index (χ3v) is 5.46. The molecule has 8 heteroatoms. The lowest BCUT2D eigenvalue weighted by molar-refractivity contribution is -0.256. The number of aliphatic hydroxyl groups is 1. The summed E-state index contributed by atoms with van der Waals surface area (Å²) < 4.78 is 58.4. The molecule has 2 aromatic rings. The molecule has 24 heavy (non-hydrogen) atoms. The van der Waals surface area contributed by atoms with E-state index in [9.17, 15) is 22.5 Å². The smallest absolute Gasteiger partial charge is 0.422 e. The normalized spacial score (nSPS) is 15.6. The molecule has 2 aromatic carbocycles. The van der Waals surface area contributed by atoms with Gasteiger partial charge in [-0.2, -0.15) is 13.2 Å². The van der Waals surface area contributed by atoms with Crippen LogP contribution in [0, 0.1) is 0 Å². The Morgan fingerprint density at radius 3 is 2.08 bits per heavy atom. The maximum atomic E-state index is 13.5. The zero-order chi connectivity index (χ0) is 18.0. The van der Waals surface area contributed by atoms with E-state index < -0.39 is 28.3 Å². The quantitative estimate of drug-likeness (QED) is 0.791. The van der Waals surface area contributed by atoms with E-state index in [1.807, 2.05) is 0 Å². The van der Waals surface area contributed by atoms with Crippen LogP contribution in [0.15, 0.2) is 57.9 Å². The summed E-state index contributed by atoms with van der Waals surface area (Å²) in [5.74, 6) is -0.637. The van der Waals surface area contributed by atoms with E-state index in [2.05, 4.69) is 15.9 Å². The average Bonchev–Trinajstić information content (AvgIpc) is 2.54. The van der Waals surface area contributed by atoms with Crippen LogP contribution >= 0.6 is 15.9 Å². The maximum absolute atomic E-state index is 13.5. The Morgan fingerprint density at radius 1 is 1.08 bits per heavy atom. The van der Waals surface area contributed by atoms with Crippen molar-refractivity contribution in [2.45, 2.75) is 16.7 Å². The summed E-state index contributed by atoms with van der Waals surface area (Å²) in [4.78, 5) is 0.203. The van der Waals surface area contributed by atoms with Crippen LogP contribution in [0.2, 0.25) is 0 Å². The Labute approximate surface area is 148 Å². The largest absolute Gasteiger partial charge is 0.497 e. The van der Waals surface area contributed by atoms with E-state index in [1.54, 1.807) is 12.1 Å². The molecule has 0 amide bonds. The predicted molar refractivity (Wildman–Crippen MR) is 88.4 cm³/mol. The number of benzene rings is 2. The fourth-order valence-corrected chi connectivity index (χ4v) is 3.64. The molecular formula is C16H14BrF3O3S. The summed E-state index contributed by atoms with van der Waals surface area (Å²) in [6.07, 6.45) is -4.98. The molecule has 0 spiro atoms. The van der Waals surface area contributed by atoms with Crippen LogP contribution in [0.25, 0.3) is 0 Å². The average molecular weight is 423 g/mol. The van der Waals surface area contributed by atoms with Gasteiger partial charge in [-0.1, -0.05) is 28.1 Å². The molecule has 0 aliphatic carbocycles. The second-order valence-corrected chi connectivity index (χ2v) is 7.40. The van der Waals surface area contributed by atoms with E-state index in [1.165, 1.54) is 31.4 Å². The highest BCUT2D eigenvalue weighted by Crippen LogP contribution is 2.40. The van der Waals surface area contributed by atoms with Gasteiger partial charge < -0.3 is 9.84 Å². The van der Waals surface area contributed by atoms with Crippen LogP contribution in [0.3, 0.4) is 0 Å². The molecule has 2 atom stereocenters. The van der Waals surface area contributed by atoms with Gasteiger partial charge in [0.1, 0.15) is 5.75 Å². The zero-order valence-electron chi connectivity index (χ0n) is 12.5. The van der Waals surface area contributed by atoms with Crippen LogP contribution in [-0.2, 0) is 16.4 Å². The van der Waals surface area contributed by atoms with Gasteiger partial charge in [0.15, 0.2) is 5.60 Å². The van der Waals surface area contributed by atoms with Gasteiger partial charge in [-0.25, -0.2) is 0 Å². The fraction of sp³-hybridized carbons (Fsp3) is 0.250. The van der Waals surface area contributed by atoms with Gasteiger partial charge in [0.05, 0.1) is 23.7 Å². The van der Waals surface area contributed by atoms with Crippen LogP contribution in [-0.4, -0.2) is 28.4 Å². The molecule has 3 nitrogen and oxygen atoms in total. The summed E-state index contributed by atoms with van der Waals surface area (Å²) in [6.45, 7) is 0. The van der Waals surface area contributed by atoms with Gasteiger partial charge in [0.25, 0.3) is 0 Å².